The van der Waals surface area contributed by atoms with Crippen LogP contribution in [0, 0.1) is 5.92 Å². The van der Waals surface area contributed by atoms with Gasteiger partial charge in [-0.05, 0) is 37.7 Å². The molecule has 25 heavy (non-hydrogen) atoms. The van der Waals surface area contributed by atoms with E-state index < -0.39 is 10.0 Å². The van der Waals surface area contributed by atoms with Gasteiger partial charge in [0.25, 0.3) is 0 Å². The second-order valence-electron chi connectivity index (χ2n) is 8.44. The van der Waals surface area contributed by atoms with Gasteiger partial charge in [0.05, 0.1) is 5.25 Å². The Labute approximate surface area is 151 Å². The Balaban J connectivity index is 1.57. The van der Waals surface area contributed by atoms with Gasteiger partial charge < -0.3 is 4.90 Å². The van der Waals surface area contributed by atoms with E-state index in [4.69, 9.17) is 4.98 Å². The van der Waals surface area contributed by atoms with Crippen LogP contribution in [0.2, 0.25) is 0 Å². The minimum Gasteiger partial charge on any atom is -0.356 e. The Morgan fingerprint density at radius 1 is 1.20 bits per heavy atom. The molecule has 0 atom stereocenters. The van der Waals surface area contributed by atoms with Crippen LogP contribution in [0.1, 0.15) is 52.3 Å². The SMILES string of the molecule is CN(CC1CCN(c2ccnc(C(C)(C)C)n2)CC1)S(=O)(=O)C1CC1. The molecule has 1 saturated carbocycles. The van der Waals surface area contributed by atoms with Crippen LogP contribution in [-0.4, -0.2) is 54.6 Å². The Bertz CT molecular complexity index is 702. The molecule has 0 amide bonds. The number of anilines is 1. The van der Waals surface area contributed by atoms with Crippen LogP contribution in [0.5, 0.6) is 0 Å². The summed E-state index contributed by atoms with van der Waals surface area (Å²) in [4.78, 5) is 11.4. The summed E-state index contributed by atoms with van der Waals surface area (Å²) in [7, 11) is -1.32. The Hall–Kier alpha value is -1.21. The normalized spacial score (nSPS) is 20.3. The van der Waals surface area contributed by atoms with Gasteiger partial charge in [0, 0.05) is 38.3 Å². The van der Waals surface area contributed by atoms with Gasteiger partial charge in [-0.2, -0.15) is 0 Å². The van der Waals surface area contributed by atoms with E-state index in [9.17, 15) is 8.42 Å². The third kappa shape index (κ3) is 4.31. The molecule has 6 nitrogen and oxygen atoms in total. The highest BCUT2D eigenvalue weighted by Gasteiger charge is 2.39. The summed E-state index contributed by atoms with van der Waals surface area (Å²) in [6.45, 7) is 8.84. The smallest absolute Gasteiger partial charge is 0.216 e. The van der Waals surface area contributed by atoms with Crippen molar-refractivity contribution >= 4 is 15.8 Å². The fourth-order valence-electron chi connectivity index (χ4n) is 3.32. The molecular formula is C18H30N4O2S. The van der Waals surface area contributed by atoms with Gasteiger partial charge in [-0.25, -0.2) is 22.7 Å². The molecule has 2 aliphatic rings. The first-order valence-electron chi connectivity index (χ1n) is 9.21. The largest absolute Gasteiger partial charge is 0.356 e. The van der Waals surface area contributed by atoms with E-state index in [1.807, 2.05) is 12.3 Å². The average Bonchev–Trinajstić information content (AvgIpc) is 3.40. The summed E-state index contributed by atoms with van der Waals surface area (Å²) in [5, 5.41) is -0.116. The highest BCUT2D eigenvalue weighted by atomic mass is 32.2. The molecule has 0 aromatic carbocycles. The minimum atomic E-state index is -3.05. The van der Waals surface area contributed by atoms with E-state index in [0.717, 1.165) is 50.4 Å². The highest BCUT2D eigenvalue weighted by molar-refractivity contribution is 7.90. The molecule has 7 heteroatoms. The highest BCUT2D eigenvalue weighted by Crippen LogP contribution is 2.32. The molecule has 1 aliphatic carbocycles. The van der Waals surface area contributed by atoms with Crippen molar-refractivity contribution in [1.82, 2.24) is 14.3 Å². The number of aromatic nitrogens is 2. The fourth-order valence-corrected chi connectivity index (χ4v) is 4.98. The van der Waals surface area contributed by atoms with E-state index in [2.05, 4.69) is 30.7 Å². The van der Waals surface area contributed by atoms with Gasteiger partial charge >= 0.3 is 0 Å². The molecule has 140 valence electrons. The summed E-state index contributed by atoms with van der Waals surface area (Å²) in [5.74, 6) is 2.28. The lowest BCUT2D eigenvalue weighted by Crippen LogP contribution is -2.40. The van der Waals surface area contributed by atoms with Crippen molar-refractivity contribution in [2.75, 3.05) is 31.6 Å². The first-order chi connectivity index (χ1) is 11.7. The van der Waals surface area contributed by atoms with E-state index >= 15 is 0 Å². The summed E-state index contributed by atoms with van der Waals surface area (Å²) in [6.07, 6.45) is 5.49. The van der Waals surface area contributed by atoms with E-state index in [1.165, 1.54) is 0 Å². The molecular weight excluding hydrogens is 336 g/mol. The van der Waals surface area contributed by atoms with Crippen LogP contribution in [0.3, 0.4) is 0 Å². The van der Waals surface area contributed by atoms with Crippen molar-refractivity contribution in [1.29, 1.82) is 0 Å². The lowest BCUT2D eigenvalue weighted by Gasteiger charge is -2.34. The van der Waals surface area contributed by atoms with Crippen LogP contribution in [0.4, 0.5) is 5.82 Å². The molecule has 1 aliphatic heterocycles. The summed E-state index contributed by atoms with van der Waals surface area (Å²) in [6, 6.07) is 1.97. The summed E-state index contributed by atoms with van der Waals surface area (Å²) in [5.41, 5.74) is -0.0613. The Kier molecular flexibility index (Phi) is 5.08. The van der Waals surface area contributed by atoms with Gasteiger partial charge in [0.15, 0.2) is 0 Å². The third-order valence-electron chi connectivity index (χ3n) is 5.15. The van der Waals surface area contributed by atoms with Crippen LogP contribution in [0.25, 0.3) is 0 Å². The first kappa shape index (κ1) is 18.6. The first-order valence-corrected chi connectivity index (χ1v) is 10.7. The zero-order chi connectivity index (χ0) is 18.2. The number of hydrogen-bond donors (Lipinski definition) is 0. The summed E-state index contributed by atoms with van der Waals surface area (Å²) >= 11 is 0. The predicted octanol–water partition coefficient (Wildman–Crippen LogP) is 2.41. The van der Waals surface area contributed by atoms with Crippen molar-refractivity contribution < 1.29 is 8.42 Å². The molecule has 0 unspecified atom stereocenters. The zero-order valence-corrected chi connectivity index (χ0v) is 16.6. The number of piperidine rings is 1. The molecule has 0 spiro atoms. The summed E-state index contributed by atoms with van der Waals surface area (Å²) < 4.78 is 26.2. The lowest BCUT2D eigenvalue weighted by molar-refractivity contribution is 0.327. The number of hydrogen-bond acceptors (Lipinski definition) is 5. The van der Waals surface area contributed by atoms with Gasteiger partial charge in [-0.1, -0.05) is 20.8 Å². The predicted molar refractivity (Wildman–Crippen MR) is 100 cm³/mol. The van der Waals surface area contributed by atoms with Crippen LogP contribution in [0.15, 0.2) is 12.3 Å². The molecule has 0 bridgehead atoms. The Morgan fingerprint density at radius 2 is 1.84 bits per heavy atom. The number of rotatable bonds is 5. The topological polar surface area (TPSA) is 66.4 Å². The fraction of sp³-hybridized carbons (Fsp3) is 0.778. The van der Waals surface area contributed by atoms with E-state index in [-0.39, 0.29) is 10.7 Å². The molecule has 2 heterocycles. The third-order valence-corrected chi connectivity index (χ3v) is 7.48. The maximum absolute atomic E-state index is 12.3. The van der Waals surface area contributed by atoms with Crippen molar-refractivity contribution in [3.8, 4) is 0 Å². The molecule has 0 N–H and O–H groups in total. The van der Waals surface area contributed by atoms with E-state index in [0.29, 0.717) is 12.5 Å². The Morgan fingerprint density at radius 3 is 2.40 bits per heavy atom. The zero-order valence-electron chi connectivity index (χ0n) is 15.8. The number of nitrogens with zero attached hydrogens (tertiary/aromatic N) is 4. The molecule has 2 fully saturated rings. The average molecular weight is 367 g/mol. The standard InChI is InChI=1S/C18H30N4O2S/c1-18(2,3)17-19-10-7-16(20-17)22-11-8-14(9-12-22)13-21(4)25(23,24)15-5-6-15/h7,10,14-15H,5-6,8-9,11-13H2,1-4H3. The quantitative estimate of drug-likeness (QED) is 0.801. The molecule has 3 rings (SSSR count). The second-order valence-corrected chi connectivity index (χ2v) is 10.8. The van der Waals surface area contributed by atoms with Crippen LogP contribution < -0.4 is 4.90 Å². The minimum absolute atomic E-state index is 0.0613. The van der Waals surface area contributed by atoms with Crippen molar-refractivity contribution in [3.63, 3.8) is 0 Å². The van der Waals surface area contributed by atoms with Crippen molar-refractivity contribution in [2.45, 2.75) is 57.1 Å². The van der Waals surface area contributed by atoms with Crippen molar-refractivity contribution in [3.05, 3.63) is 18.1 Å². The van der Waals surface area contributed by atoms with Gasteiger partial charge in [0.2, 0.25) is 10.0 Å². The second kappa shape index (κ2) is 6.83. The molecule has 1 aromatic rings. The maximum Gasteiger partial charge on any atom is 0.216 e. The van der Waals surface area contributed by atoms with Gasteiger partial charge in [-0.15, -0.1) is 0 Å². The van der Waals surface area contributed by atoms with Crippen LogP contribution >= 0.6 is 0 Å². The lowest BCUT2D eigenvalue weighted by atomic mass is 9.95. The molecule has 1 saturated heterocycles. The molecule has 0 radical (unpaired) electrons. The monoisotopic (exact) mass is 366 g/mol. The maximum atomic E-state index is 12.3. The van der Waals surface area contributed by atoms with Gasteiger partial charge in [-0.3, -0.25) is 0 Å². The van der Waals surface area contributed by atoms with Crippen molar-refractivity contribution in [2.24, 2.45) is 5.92 Å². The molecule has 1 aromatic heterocycles. The van der Waals surface area contributed by atoms with Crippen LogP contribution in [-0.2, 0) is 15.4 Å². The van der Waals surface area contributed by atoms with E-state index in [1.54, 1.807) is 11.4 Å². The van der Waals surface area contributed by atoms with Gasteiger partial charge in [0.1, 0.15) is 11.6 Å². The number of sulfonamides is 1.